The zero-order chi connectivity index (χ0) is 17.9. The lowest BCUT2D eigenvalue weighted by Crippen LogP contribution is -2.46. The number of H-pyrrole nitrogens is 1. The van der Waals surface area contributed by atoms with Crippen LogP contribution in [0.25, 0.3) is 0 Å². The van der Waals surface area contributed by atoms with Gasteiger partial charge >= 0.3 is 0 Å². The molecular formula is C19H24ClN5O2. The van der Waals surface area contributed by atoms with E-state index in [2.05, 4.69) is 20.8 Å². The van der Waals surface area contributed by atoms with Gasteiger partial charge in [-0.15, -0.1) is 12.4 Å². The van der Waals surface area contributed by atoms with Crippen molar-refractivity contribution in [3.63, 3.8) is 0 Å². The molecule has 0 aliphatic carbocycles. The number of rotatable bonds is 3. The maximum atomic E-state index is 12.6. The molecule has 2 amide bonds. The number of aromatic amines is 1. The molecule has 2 aliphatic heterocycles. The summed E-state index contributed by atoms with van der Waals surface area (Å²) in [6.45, 7) is 2.89. The first-order valence-corrected chi connectivity index (χ1v) is 9.14. The summed E-state index contributed by atoms with van der Waals surface area (Å²) in [6, 6.07) is 9.41. The highest BCUT2D eigenvalue weighted by Gasteiger charge is 2.27. The Kier molecular flexibility index (Phi) is 6.13. The number of hydrogen-bond acceptors (Lipinski definition) is 4. The lowest BCUT2D eigenvalue weighted by atomic mass is 10.0. The molecule has 0 radical (unpaired) electrons. The number of halogens is 1. The third-order valence-electron chi connectivity index (χ3n) is 5.16. The summed E-state index contributed by atoms with van der Waals surface area (Å²) in [4.78, 5) is 26.9. The second kappa shape index (κ2) is 8.54. The minimum absolute atomic E-state index is 0. The molecule has 8 heteroatoms. The van der Waals surface area contributed by atoms with Gasteiger partial charge in [0.25, 0.3) is 11.8 Å². The average Bonchev–Trinajstić information content (AvgIpc) is 3.13. The summed E-state index contributed by atoms with van der Waals surface area (Å²) in [5.41, 5.74) is 3.24. The molecule has 0 saturated carbocycles. The highest BCUT2D eigenvalue weighted by atomic mass is 35.5. The van der Waals surface area contributed by atoms with E-state index in [1.165, 1.54) is 0 Å². The summed E-state index contributed by atoms with van der Waals surface area (Å²) in [5.74, 6) is -0.0677. The number of nitrogens with one attached hydrogen (secondary N) is 3. The Morgan fingerprint density at radius 3 is 2.63 bits per heavy atom. The molecule has 2 aromatic rings. The molecule has 0 unspecified atom stereocenters. The molecule has 0 bridgehead atoms. The number of amides is 2. The van der Waals surface area contributed by atoms with Crippen molar-refractivity contribution >= 4 is 24.2 Å². The van der Waals surface area contributed by atoms with Crippen LogP contribution in [0, 0.1) is 0 Å². The van der Waals surface area contributed by atoms with Crippen LogP contribution >= 0.6 is 12.4 Å². The summed E-state index contributed by atoms with van der Waals surface area (Å²) < 4.78 is 0. The molecule has 0 atom stereocenters. The number of carbonyl (C=O) groups excluding carboxylic acids is 2. The van der Waals surface area contributed by atoms with E-state index in [1.807, 2.05) is 35.2 Å². The maximum Gasteiger partial charge on any atom is 0.272 e. The number of piperidine rings is 1. The first-order chi connectivity index (χ1) is 12.7. The quantitative estimate of drug-likeness (QED) is 0.742. The van der Waals surface area contributed by atoms with Crippen LogP contribution in [0.4, 0.5) is 0 Å². The Hall–Kier alpha value is -2.38. The van der Waals surface area contributed by atoms with E-state index in [4.69, 9.17) is 0 Å². The fourth-order valence-corrected chi connectivity index (χ4v) is 3.66. The Morgan fingerprint density at radius 2 is 1.89 bits per heavy atom. The van der Waals surface area contributed by atoms with Crippen LogP contribution < -0.4 is 10.6 Å². The van der Waals surface area contributed by atoms with Crippen molar-refractivity contribution in [1.29, 1.82) is 0 Å². The van der Waals surface area contributed by atoms with Gasteiger partial charge in [-0.2, -0.15) is 5.10 Å². The minimum Gasteiger partial charge on any atom is -0.348 e. The van der Waals surface area contributed by atoms with Gasteiger partial charge in [0.1, 0.15) is 0 Å². The Morgan fingerprint density at radius 1 is 1.15 bits per heavy atom. The van der Waals surface area contributed by atoms with Gasteiger partial charge in [0.2, 0.25) is 0 Å². The Balaban J connectivity index is 0.00000210. The summed E-state index contributed by atoms with van der Waals surface area (Å²) >= 11 is 0. The van der Waals surface area contributed by atoms with Gasteiger partial charge in [0.15, 0.2) is 5.69 Å². The second-order valence-corrected chi connectivity index (χ2v) is 6.86. The van der Waals surface area contributed by atoms with Gasteiger partial charge in [-0.1, -0.05) is 18.2 Å². The number of fused-ring (bicyclic) bond motifs is 1. The van der Waals surface area contributed by atoms with E-state index in [9.17, 15) is 9.59 Å². The van der Waals surface area contributed by atoms with Crippen LogP contribution in [-0.4, -0.2) is 52.6 Å². The van der Waals surface area contributed by atoms with Gasteiger partial charge < -0.3 is 15.5 Å². The molecule has 27 heavy (non-hydrogen) atoms. The highest BCUT2D eigenvalue weighted by Crippen LogP contribution is 2.17. The van der Waals surface area contributed by atoms with Crippen LogP contribution in [0.5, 0.6) is 0 Å². The fourth-order valence-electron chi connectivity index (χ4n) is 3.66. The zero-order valence-electron chi connectivity index (χ0n) is 15.0. The van der Waals surface area contributed by atoms with Crippen LogP contribution in [0.2, 0.25) is 0 Å². The van der Waals surface area contributed by atoms with Gasteiger partial charge in [0, 0.05) is 55.5 Å². The summed E-state index contributed by atoms with van der Waals surface area (Å²) in [7, 11) is 0. The molecule has 7 nitrogen and oxygen atoms in total. The van der Waals surface area contributed by atoms with E-state index >= 15 is 0 Å². The van der Waals surface area contributed by atoms with E-state index in [0.717, 1.165) is 37.1 Å². The maximum absolute atomic E-state index is 12.6. The predicted molar refractivity (Wildman–Crippen MR) is 104 cm³/mol. The lowest BCUT2D eigenvalue weighted by molar-refractivity contribution is 0.0697. The predicted octanol–water partition coefficient (Wildman–Crippen LogP) is 1.51. The number of carbonyl (C=O) groups is 2. The van der Waals surface area contributed by atoms with Crippen LogP contribution in [0.1, 0.15) is 44.9 Å². The highest BCUT2D eigenvalue weighted by molar-refractivity contribution is 5.95. The fraction of sp³-hybridized carbons (Fsp3) is 0.421. The van der Waals surface area contributed by atoms with Gasteiger partial charge in [-0.25, -0.2) is 0 Å². The number of benzene rings is 1. The molecular weight excluding hydrogens is 366 g/mol. The number of aromatic nitrogens is 2. The molecule has 1 aromatic heterocycles. The van der Waals surface area contributed by atoms with E-state index in [-0.39, 0.29) is 30.3 Å². The van der Waals surface area contributed by atoms with Crippen molar-refractivity contribution < 1.29 is 9.59 Å². The minimum atomic E-state index is -0.126. The molecule has 1 saturated heterocycles. The van der Waals surface area contributed by atoms with Crippen molar-refractivity contribution in [2.24, 2.45) is 0 Å². The average molecular weight is 390 g/mol. The molecule has 3 heterocycles. The summed E-state index contributed by atoms with van der Waals surface area (Å²) in [6.07, 6.45) is 2.39. The first kappa shape index (κ1) is 19.4. The van der Waals surface area contributed by atoms with E-state index in [1.54, 1.807) is 0 Å². The number of hydrogen-bond donors (Lipinski definition) is 3. The van der Waals surface area contributed by atoms with Crippen molar-refractivity contribution in [2.45, 2.75) is 31.8 Å². The molecule has 144 valence electrons. The number of nitrogens with zero attached hydrogens (tertiary/aromatic N) is 2. The third-order valence-corrected chi connectivity index (χ3v) is 5.16. The Bertz CT molecular complexity index is 800. The number of likely N-dealkylation sites (tertiary alicyclic amines) is 1. The topological polar surface area (TPSA) is 90.1 Å². The van der Waals surface area contributed by atoms with Crippen molar-refractivity contribution in [3.8, 4) is 0 Å². The smallest absolute Gasteiger partial charge is 0.272 e. The van der Waals surface area contributed by atoms with Crippen LogP contribution in [0.15, 0.2) is 30.3 Å². The molecule has 0 spiro atoms. The summed E-state index contributed by atoms with van der Waals surface area (Å²) in [5, 5.41) is 13.5. The van der Waals surface area contributed by atoms with Gasteiger partial charge in [-0.3, -0.25) is 14.7 Å². The van der Waals surface area contributed by atoms with Gasteiger partial charge in [-0.05, 0) is 25.0 Å². The second-order valence-electron chi connectivity index (χ2n) is 6.86. The molecule has 2 aliphatic rings. The lowest BCUT2D eigenvalue weighted by Gasteiger charge is -2.32. The standard InChI is InChI=1S/C19H23N5O2.ClH/c25-18(17-15-12-20-9-6-16(15)22-23-17)21-14-7-10-24(11-8-14)19(26)13-4-2-1-3-5-13;/h1-5,14,20H,6-12H2,(H,21,25)(H,22,23);1H. The van der Waals surface area contributed by atoms with Crippen LogP contribution in [0.3, 0.4) is 0 Å². The first-order valence-electron chi connectivity index (χ1n) is 9.14. The zero-order valence-corrected chi connectivity index (χ0v) is 15.8. The van der Waals surface area contributed by atoms with Crippen molar-refractivity contribution in [3.05, 3.63) is 52.8 Å². The van der Waals surface area contributed by atoms with Crippen molar-refractivity contribution in [1.82, 2.24) is 25.7 Å². The van der Waals surface area contributed by atoms with E-state index < -0.39 is 0 Å². The van der Waals surface area contributed by atoms with Gasteiger partial charge in [0.05, 0.1) is 0 Å². The third kappa shape index (κ3) is 4.14. The molecule has 1 fully saturated rings. The normalized spacial score (nSPS) is 17.0. The van der Waals surface area contributed by atoms with Crippen LogP contribution in [-0.2, 0) is 13.0 Å². The largest absolute Gasteiger partial charge is 0.348 e. The van der Waals surface area contributed by atoms with E-state index in [0.29, 0.717) is 30.9 Å². The Labute approximate surface area is 164 Å². The molecule has 3 N–H and O–H groups in total. The molecule has 1 aromatic carbocycles. The van der Waals surface area contributed by atoms with Crippen molar-refractivity contribution in [2.75, 3.05) is 19.6 Å². The molecule has 4 rings (SSSR count). The SMILES string of the molecule is Cl.O=C(NC1CCN(C(=O)c2ccccc2)CC1)c1n[nH]c2c1CNCC2. The monoisotopic (exact) mass is 389 g/mol.